The molecule has 0 aliphatic heterocycles. The number of carbonyl (C=O) groups excluding carboxylic acids is 2. The second kappa shape index (κ2) is 7.36. The van der Waals surface area contributed by atoms with E-state index in [1.54, 1.807) is 13.8 Å². The van der Waals surface area contributed by atoms with Gasteiger partial charge in [-0.05, 0) is 26.2 Å². The molecule has 0 aromatic carbocycles. The molecule has 0 aromatic rings. The lowest BCUT2D eigenvalue weighted by Crippen LogP contribution is -2.51. The summed E-state index contributed by atoms with van der Waals surface area (Å²) in [5.74, 6) is 0.0639. The van der Waals surface area contributed by atoms with Crippen molar-refractivity contribution in [2.45, 2.75) is 47.1 Å². The SMILES string of the molecule is CCC(C)(CN)C(=O)NC(C)C(=O)NCC(C)C. The van der Waals surface area contributed by atoms with Gasteiger partial charge in [-0.1, -0.05) is 20.8 Å². The fraction of sp³-hybridized carbons (Fsp3) is 0.846. The second-order valence-corrected chi connectivity index (χ2v) is 5.45. The molecule has 18 heavy (non-hydrogen) atoms. The van der Waals surface area contributed by atoms with Crippen LogP contribution in [0.3, 0.4) is 0 Å². The largest absolute Gasteiger partial charge is 0.354 e. The maximum Gasteiger partial charge on any atom is 0.242 e. The van der Waals surface area contributed by atoms with Crippen LogP contribution in [-0.2, 0) is 9.59 Å². The van der Waals surface area contributed by atoms with Crippen molar-refractivity contribution in [1.82, 2.24) is 10.6 Å². The topological polar surface area (TPSA) is 84.2 Å². The van der Waals surface area contributed by atoms with Gasteiger partial charge in [-0.3, -0.25) is 9.59 Å². The third-order valence-corrected chi connectivity index (χ3v) is 3.20. The van der Waals surface area contributed by atoms with E-state index in [2.05, 4.69) is 10.6 Å². The smallest absolute Gasteiger partial charge is 0.242 e. The molecule has 0 radical (unpaired) electrons. The number of rotatable bonds is 7. The second-order valence-electron chi connectivity index (χ2n) is 5.45. The molecule has 0 bridgehead atoms. The first-order chi connectivity index (χ1) is 8.26. The van der Waals surface area contributed by atoms with E-state index in [0.29, 0.717) is 18.9 Å². The Morgan fingerprint density at radius 3 is 2.22 bits per heavy atom. The van der Waals surface area contributed by atoms with Gasteiger partial charge in [0.1, 0.15) is 6.04 Å². The highest BCUT2D eigenvalue weighted by Gasteiger charge is 2.31. The molecule has 2 amide bonds. The lowest BCUT2D eigenvalue weighted by Gasteiger charge is -2.27. The molecular formula is C13H27N3O2. The fourth-order valence-electron chi connectivity index (χ4n) is 1.29. The van der Waals surface area contributed by atoms with Crippen LogP contribution in [0.1, 0.15) is 41.0 Å². The summed E-state index contributed by atoms with van der Waals surface area (Å²) in [7, 11) is 0. The predicted octanol–water partition coefficient (Wildman–Crippen LogP) is 0.638. The lowest BCUT2D eigenvalue weighted by molar-refractivity contribution is -0.134. The first-order valence-corrected chi connectivity index (χ1v) is 6.55. The maximum absolute atomic E-state index is 12.0. The molecule has 0 saturated heterocycles. The molecule has 0 spiro atoms. The van der Waals surface area contributed by atoms with Gasteiger partial charge < -0.3 is 16.4 Å². The predicted molar refractivity (Wildman–Crippen MR) is 72.9 cm³/mol. The quantitative estimate of drug-likeness (QED) is 0.625. The summed E-state index contributed by atoms with van der Waals surface area (Å²) in [6, 6.07) is -0.534. The van der Waals surface area contributed by atoms with Crippen molar-refractivity contribution in [3.05, 3.63) is 0 Å². The summed E-state index contributed by atoms with van der Waals surface area (Å²) in [5.41, 5.74) is 5.00. The van der Waals surface area contributed by atoms with E-state index in [4.69, 9.17) is 5.73 Å². The first-order valence-electron chi connectivity index (χ1n) is 6.55. The zero-order valence-corrected chi connectivity index (χ0v) is 12.2. The van der Waals surface area contributed by atoms with Crippen LogP contribution in [-0.4, -0.2) is 30.9 Å². The minimum Gasteiger partial charge on any atom is -0.354 e. The van der Waals surface area contributed by atoms with Gasteiger partial charge in [-0.25, -0.2) is 0 Å². The Bertz CT molecular complexity index is 286. The molecule has 0 saturated carbocycles. The Labute approximate surface area is 110 Å². The Hall–Kier alpha value is -1.10. The summed E-state index contributed by atoms with van der Waals surface area (Å²) >= 11 is 0. The highest BCUT2D eigenvalue weighted by molar-refractivity contribution is 5.89. The number of amides is 2. The molecule has 0 heterocycles. The van der Waals surface area contributed by atoms with Crippen LogP contribution in [0.25, 0.3) is 0 Å². The third-order valence-electron chi connectivity index (χ3n) is 3.20. The van der Waals surface area contributed by atoms with Crippen LogP contribution in [0, 0.1) is 11.3 Å². The van der Waals surface area contributed by atoms with Crippen molar-refractivity contribution < 1.29 is 9.59 Å². The van der Waals surface area contributed by atoms with Crippen molar-refractivity contribution in [2.24, 2.45) is 17.1 Å². The molecule has 0 aliphatic rings. The zero-order chi connectivity index (χ0) is 14.3. The summed E-state index contributed by atoms with van der Waals surface area (Å²) in [6.07, 6.45) is 0.648. The average Bonchev–Trinajstić information content (AvgIpc) is 2.34. The highest BCUT2D eigenvalue weighted by atomic mass is 16.2. The molecule has 0 rings (SSSR count). The van der Waals surface area contributed by atoms with E-state index in [1.165, 1.54) is 0 Å². The minimum atomic E-state index is -0.605. The van der Waals surface area contributed by atoms with Gasteiger partial charge in [0, 0.05) is 13.1 Å². The molecule has 4 N–H and O–H groups in total. The van der Waals surface area contributed by atoms with Crippen LogP contribution < -0.4 is 16.4 Å². The molecule has 2 unspecified atom stereocenters. The van der Waals surface area contributed by atoms with Gasteiger partial charge in [0.25, 0.3) is 0 Å². The molecule has 0 fully saturated rings. The van der Waals surface area contributed by atoms with E-state index in [0.717, 1.165) is 0 Å². The van der Waals surface area contributed by atoms with Gasteiger partial charge in [-0.2, -0.15) is 0 Å². The molecule has 2 atom stereocenters. The van der Waals surface area contributed by atoms with E-state index in [1.807, 2.05) is 20.8 Å². The third kappa shape index (κ3) is 5.04. The van der Waals surface area contributed by atoms with Crippen LogP contribution in [0.4, 0.5) is 0 Å². The monoisotopic (exact) mass is 257 g/mol. The number of nitrogens with one attached hydrogen (secondary N) is 2. The first kappa shape index (κ1) is 16.9. The van der Waals surface area contributed by atoms with Crippen LogP contribution >= 0.6 is 0 Å². The van der Waals surface area contributed by atoms with Crippen LogP contribution in [0.5, 0.6) is 0 Å². The average molecular weight is 257 g/mol. The van der Waals surface area contributed by atoms with Gasteiger partial charge in [0.05, 0.1) is 5.41 Å². The van der Waals surface area contributed by atoms with Gasteiger partial charge in [0.2, 0.25) is 11.8 Å². The van der Waals surface area contributed by atoms with E-state index in [-0.39, 0.29) is 18.4 Å². The van der Waals surface area contributed by atoms with Gasteiger partial charge in [-0.15, -0.1) is 0 Å². The number of hydrogen-bond donors (Lipinski definition) is 3. The highest BCUT2D eigenvalue weighted by Crippen LogP contribution is 2.19. The summed E-state index contributed by atoms with van der Waals surface area (Å²) in [5, 5.41) is 5.50. The molecular weight excluding hydrogens is 230 g/mol. The van der Waals surface area contributed by atoms with Crippen molar-refractivity contribution in [2.75, 3.05) is 13.1 Å². The molecule has 0 aliphatic carbocycles. The summed E-state index contributed by atoms with van der Waals surface area (Å²) in [4.78, 5) is 23.7. The van der Waals surface area contributed by atoms with Crippen molar-refractivity contribution in [1.29, 1.82) is 0 Å². The molecule has 5 nitrogen and oxygen atoms in total. The Morgan fingerprint density at radius 2 is 1.83 bits per heavy atom. The lowest BCUT2D eigenvalue weighted by atomic mass is 9.86. The minimum absolute atomic E-state index is 0.160. The van der Waals surface area contributed by atoms with Gasteiger partial charge >= 0.3 is 0 Å². The molecule has 106 valence electrons. The Kier molecular flexibility index (Phi) is 6.91. The van der Waals surface area contributed by atoms with Crippen molar-refractivity contribution in [3.63, 3.8) is 0 Å². The van der Waals surface area contributed by atoms with Crippen molar-refractivity contribution >= 4 is 11.8 Å². The maximum atomic E-state index is 12.0. The molecule has 5 heteroatoms. The normalized spacial score (nSPS) is 15.9. The van der Waals surface area contributed by atoms with Gasteiger partial charge in [0.15, 0.2) is 0 Å². The van der Waals surface area contributed by atoms with Crippen LogP contribution in [0.15, 0.2) is 0 Å². The number of hydrogen-bond acceptors (Lipinski definition) is 3. The molecule has 0 aromatic heterocycles. The summed E-state index contributed by atoms with van der Waals surface area (Å²) < 4.78 is 0. The van der Waals surface area contributed by atoms with E-state index >= 15 is 0 Å². The zero-order valence-electron chi connectivity index (χ0n) is 12.2. The Morgan fingerprint density at radius 1 is 1.28 bits per heavy atom. The van der Waals surface area contributed by atoms with Crippen molar-refractivity contribution in [3.8, 4) is 0 Å². The number of carbonyl (C=O) groups is 2. The fourth-order valence-corrected chi connectivity index (χ4v) is 1.29. The van der Waals surface area contributed by atoms with E-state index in [9.17, 15) is 9.59 Å². The Balaban J connectivity index is 4.34. The van der Waals surface area contributed by atoms with Crippen LogP contribution in [0.2, 0.25) is 0 Å². The summed E-state index contributed by atoms with van der Waals surface area (Å²) in [6.45, 7) is 10.3. The number of nitrogens with two attached hydrogens (primary N) is 1. The standard InChI is InChI=1S/C13H27N3O2/c1-6-13(5,8-14)12(18)16-10(4)11(17)15-7-9(2)3/h9-10H,6-8,14H2,1-5H3,(H,15,17)(H,16,18). The van der Waals surface area contributed by atoms with E-state index < -0.39 is 11.5 Å².